The zero-order chi connectivity index (χ0) is 18.7. The largest absolute Gasteiger partial charge is 0.347 e. The normalized spacial score (nSPS) is 16.3. The summed E-state index contributed by atoms with van der Waals surface area (Å²) in [6, 6.07) is 10.3. The van der Waals surface area contributed by atoms with Crippen molar-refractivity contribution in [1.82, 2.24) is 9.99 Å². The van der Waals surface area contributed by atoms with E-state index in [9.17, 15) is 4.79 Å². The minimum Gasteiger partial charge on any atom is -0.347 e. The Bertz CT molecular complexity index is 833. The van der Waals surface area contributed by atoms with Gasteiger partial charge in [-0.2, -0.15) is 5.10 Å². The fourth-order valence-electron chi connectivity index (χ4n) is 3.27. The molecule has 0 bridgehead atoms. The first-order chi connectivity index (χ1) is 12.4. The molecule has 1 fully saturated rings. The van der Waals surface area contributed by atoms with Crippen LogP contribution in [0.1, 0.15) is 35.9 Å². The Morgan fingerprint density at radius 2 is 1.96 bits per heavy atom. The molecule has 2 aromatic rings. The van der Waals surface area contributed by atoms with Gasteiger partial charge in [-0.25, -0.2) is 5.43 Å². The summed E-state index contributed by atoms with van der Waals surface area (Å²) in [6.45, 7) is 8.99. The van der Waals surface area contributed by atoms with Crippen LogP contribution in [-0.4, -0.2) is 35.7 Å². The lowest BCUT2D eigenvalue weighted by atomic mass is 10.2. The fraction of sp³-hybridized carbons (Fsp3) is 0.400. The van der Waals surface area contributed by atoms with Crippen LogP contribution in [0.3, 0.4) is 0 Å². The van der Waals surface area contributed by atoms with E-state index >= 15 is 0 Å². The summed E-state index contributed by atoms with van der Waals surface area (Å²) in [6.07, 6.45) is 1.79. The van der Waals surface area contributed by atoms with E-state index < -0.39 is 5.79 Å². The van der Waals surface area contributed by atoms with Crippen molar-refractivity contribution in [3.63, 3.8) is 0 Å². The second-order valence-corrected chi connectivity index (χ2v) is 6.75. The van der Waals surface area contributed by atoms with Crippen molar-refractivity contribution >= 4 is 12.1 Å². The number of aromatic nitrogens is 1. The number of hydrogen-bond acceptors (Lipinski definition) is 4. The van der Waals surface area contributed by atoms with Gasteiger partial charge < -0.3 is 14.0 Å². The van der Waals surface area contributed by atoms with Gasteiger partial charge in [-0.05, 0) is 45.4 Å². The molecule has 1 saturated heterocycles. The van der Waals surface area contributed by atoms with E-state index in [1.54, 1.807) is 13.1 Å². The molecular weight excluding hydrogens is 330 g/mol. The minimum absolute atomic E-state index is 0.118. The third kappa shape index (κ3) is 3.86. The SMILES string of the molecule is Cc1ccccc1-n1c(C)cc(/C=N/NC(=O)CC2(C)OCCO2)c1C. The van der Waals surface area contributed by atoms with Crippen LogP contribution in [0, 0.1) is 20.8 Å². The lowest BCUT2D eigenvalue weighted by Crippen LogP contribution is -2.33. The van der Waals surface area contributed by atoms with Crippen LogP contribution in [-0.2, 0) is 14.3 Å². The maximum absolute atomic E-state index is 12.0. The molecule has 26 heavy (non-hydrogen) atoms. The molecule has 0 atom stereocenters. The molecule has 6 nitrogen and oxygen atoms in total. The number of aryl methyl sites for hydroxylation is 2. The van der Waals surface area contributed by atoms with E-state index in [2.05, 4.69) is 47.1 Å². The van der Waals surface area contributed by atoms with Gasteiger partial charge in [0.15, 0.2) is 5.79 Å². The molecule has 6 heteroatoms. The van der Waals surface area contributed by atoms with Gasteiger partial charge in [-0.15, -0.1) is 0 Å². The Hall–Kier alpha value is -2.44. The predicted octanol–water partition coefficient (Wildman–Crippen LogP) is 3.01. The average Bonchev–Trinajstić information content (AvgIpc) is 3.12. The first kappa shape index (κ1) is 18.4. The van der Waals surface area contributed by atoms with Crippen molar-refractivity contribution in [3.8, 4) is 5.69 Å². The third-order valence-electron chi connectivity index (χ3n) is 4.60. The van der Waals surface area contributed by atoms with Crippen molar-refractivity contribution in [2.45, 2.75) is 39.9 Å². The van der Waals surface area contributed by atoms with Crippen LogP contribution in [0.25, 0.3) is 5.69 Å². The molecule has 2 heterocycles. The van der Waals surface area contributed by atoms with Crippen molar-refractivity contribution < 1.29 is 14.3 Å². The van der Waals surface area contributed by atoms with Crippen molar-refractivity contribution in [1.29, 1.82) is 0 Å². The highest BCUT2D eigenvalue weighted by atomic mass is 16.7. The lowest BCUT2D eigenvalue weighted by molar-refractivity contribution is -0.159. The topological polar surface area (TPSA) is 64.9 Å². The molecule has 0 saturated carbocycles. The summed E-state index contributed by atoms with van der Waals surface area (Å²) in [4.78, 5) is 12.0. The van der Waals surface area contributed by atoms with Crippen LogP contribution in [0.4, 0.5) is 0 Å². The molecule has 1 amide bonds. The zero-order valence-corrected chi connectivity index (χ0v) is 15.7. The smallest absolute Gasteiger partial charge is 0.245 e. The van der Waals surface area contributed by atoms with E-state index in [0.29, 0.717) is 13.2 Å². The van der Waals surface area contributed by atoms with Gasteiger partial charge in [0.25, 0.3) is 0 Å². The molecular formula is C20H25N3O3. The number of amides is 1. The molecule has 138 valence electrons. The molecule has 0 aliphatic carbocycles. The summed E-state index contributed by atoms with van der Waals surface area (Å²) >= 11 is 0. The number of hydrogen-bond donors (Lipinski definition) is 1. The molecule has 1 aliphatic rings. The molecule has 0 spiro atoms. The monoisotopic (exact) mass is 355 g/mol. The van der Waals surface area contributed by atoms with E-state index in [0.717, 1.165) is 22.6 Å². The Labute approximate surface area is 153 Å². The maximum Gasteiger partial charge on any atom is 0.245 e. The van der Waals surface area contributed by atoms with Crippen molar-refractivity contribution in [3.05, 3.63) is 52.8 Å². The Kier molecular flexibility index (Phi) is 5.25. The number of carbonyl (C=O) groups is 1. The average molecular weight is 355 g/mol. The van der Waals surface area contributed by atoms with Gasteiger partial charge >= 0.3 is 0 Å². The second-order valence-electron chi connectivity index (χ2n) is 6.75. The Morgan fingerprint density at radius 3 is 2.65 bits per heavy atom. The van der Waals surface area contributed by atoms with Crippen LogP contribution in [0.2, 0.25) is 0 Å². The Morgan fingerprint density at radius 1 is 1.27 bits per heavy atom. The standard InChI is InChI=1S/C20H25N3O3/c1-14-7-5-6-8-18(14)23-15(2)11-17(16(23)3)13-21-22-19(24)12-20(4)25-9-10-26-20/h5-8,11,13H,9-10,12H2,1-4H3,(H,22,24)/b21-13+. The number of rotatable bonds is 5. The molecule has 1 aliphatic heterocycles. The van der Waals surface area contributed by atoms with Crippen LogP contribution in [0.5, 0.6) is 0 Å². The Balaban J connectivity index is 1.71. The van der Waals surface area contributed by atoms with Gasteiger partial charge in [0.05, 0.1) is 25.8 Å². The van der Waals surface area contributed by atoms with Crippen LogP contribution < -0.4 is 5.43 Å². The molecule has 1 N–H and O–H groups in total. The van der Waals surface area contributed by atoms with Gasteiger partial charge in [0.1, 0.15) is 0 Å². The number of carbonyl (C=O) groups excluding carboxylic acids is 1. The summed E-state index contributed by atoms with van der Waals surface area (Å²) in [7, 11) is 0. The van der Waals surface area contributed by atoms with Gasteiger partial charge in [0.2, 0.25) is 5.91 Å². The highest BCUT2D eigenvalue weighted by Gasteiger charge is 2.33. The van der Waals surface area contributed by atoms with Gasteiger partial charge in [-0.3, -0.25) is 4.79 Å². The molecule has 3 rings (SSSR count). The summed E-state index contributed by atoms with van der Waals surface area (Å²) in [5.74, 6) is -1.08. The third-order valence-corrected chi connectivity index (χ3v) is 4.60. The molecule has 0 unspecified atom stereocenters. The van der Waals surface area contributed by atoms with E-state index in [4.69, 9.17) is 9.47 Å². The van der Waals surface area contributed by atoms with Gasteiger partial charge in [0, 0.05) is 22.6 Å². The number of benzene rings is 1. The zero-order valence-electron chi connectivity index (χ0n) is 15.7. The van der Waals surface area contributed by atoms with Crippen LogP contribution in [0.15, 0.2) is 35.4 Å². The van der Waals surface area contributed by atoms with E-state index in [1.165, 1.54) is 5.56 Å². The lowest BCUT2D eigenvalue weighted by Gasteiger charge is -2.20. The summed E-state index contributed by atoms with van der Waals surface area (Å²) < 4.78 is 13.1. The highest BCUT2D eigenvalue weighted by molar-refractivity contribution is 5.84. The quantitative estimate of drug-likeness (QED) is 0.662. The van der Waals surface area contributed by atoms with Crippen molar-refractivity contribution in [2.75, 3.05) is 13.2 Å². The summed E-state index contributed by atoms with van der Waals surface area (Å²) in [5, 5.41) is 4.10. The molecule has 1 aromatic heterocycles. The van der Waals surface area contributed by atoms with E-state index in [1.807, 2.05) is 19.1 Å². The number of hydrazone groups is 1. The predicted molar refractivity (Wildman–Crippen MR) is 101 cm³/mol. The minimum atomic E-state index is -0.847. The number of nitrogens with zero attached hydrogens (tertiary/aromatic N) is 2. The van der Waals surface area contributed by atoms with E-state index in [-0.39, 0.29) is 12.3 Å². The highest BCUT2D eigenvalue weighted by Crippen LogP contribution is 2.23. The molecule has 1 aromatic carbocycles. The van der Waals surface area contributed by atoms with Crippen LogP contribution >= 0.6 is 0 Å². The first-order valence-corrected chi connectivity index (χ1v) is 8.74. The fourth-order valence-corrected chi connectivity index (χ4v) is 3.27. The maximum atomic E-state index is 12.0. The van der Waals surface area contributed by atoms with Crippen molar-refractivity contribution in [2.24, 2.45) is 5.10 Å². The number of nitrogens with one attached hydrogen (secondary N) is 1. The first-order valence-electron chi connectivity index (χ1n) is 8.74. The summed E-state index contributed by atoms with van der Waals surface area (Å²) in [5.41, 5.74) is 8.06. The number of ether oxygens (including phenoxy) is 2. The molecule has 0 radical (unpaired) electrons. The van der Waals surface area contributed by atoms with Gasteiger partial charge in [-0.1, -0.05) is 18.2 Å². The number of para-hydroxylation sites is 1. The second kappa shape index (κ2) is 7.43.